The molecule has 1 aromatic heterocycles. The van der Waals surface area contributed by atoms with Gasteiger partial charge in [-0.15, -0.1) is 2.78 Å². The molecule has 1 nitrogen and oxygen atoms in total. The van der Waals surface area contributed by atoms with Gasteiger partial charge < -0.3 is 0 Å². The number of rotatable bonds is 0. The number of aryl methyl sites for hydroxylation is 2. The Bertz CT molecular complexity index is 220. The molecule has 0 saturated heterocycles. The van der Waals surface area contributed by atoms with Gasteiger partial charge in [0.15, 0.2) is 11.9 Å². The molecule has 1 heterocycles. The molecule has 0 spiro atoms. The lowest BCUT2D eigenvalue weighted by molar-refractivity contribution is -0.449. The summed E-state index contributed by atoms with van der Waals surface area (Å²) < 4.78 is 2.07. The number of hydrogen-bond donors (Lipinski definition) is 0. The fourth-order valence-electron chi connectivity index (χ4n) is 0.740. The Hall–Kier alpha value is -0.120. The molecule has 0 N–H and O–H groups in total. The summed E-state index contributed by atoms with van der Waals surface area (Å²) in [6, 6.07) is 4.26. The Morgan fingerprint density at radius 2 is 2.11 bits per heavy atom. The van der Waals surface area contributed by atoms with Crippen LogP contribution in [0.1, 0.15) is 11.3 Å². The van der Waals surface area contributed by atoms with Crippen molar-refractivity contribution in [3.8, 4) is 0 Å². The molecule has 0 fully saturated rings. The second-order valence-electron chi connectivity index (χ2n) is 2.16. The molecule has 48 valence electrons. The topological polar surface area (TPSA) is 3.88 Å². The van der Waals surface area contributed by atoms with Crippen LogP contribution in [-0.2, 0) is 0 Å². The summed E-state index contributed by atoms with van der Waals surface area (Å²) in [6.45, 7) is 4.20. The summed E-state index contributed by atoms with van der Waals surface area (Å²) in [5.41, 5.74) is 2.61. The lowest BCUT2D eigenvalue weighted by Crippen LogP contribution is -2.22. The van der Waals surface area contributed by atoms with Crippen LogP contribution >= 0.6 is 22.9 Å². The predicted molar refractivity (Wildman–Crippen MR) is 45.5 cm³/mol. The van der Waals surface area contributed by atoms with Crippen LogP contribution in [0.15, 0.2) is 18.3 Å². The maximum atomic E-state index is 2.26. The van der Waals surface area contributed by atoms with Crippen LogP contribution in [0.2, 0.25) is 0 Å². The van der Waals surface area contributed by atoms with E-state index in [1.165, 1.54) is 11.3 Å². The van der Waals surface area contributed by atoms with Gasteiger partial charge in [-0.1, -0.05) is 0 Å². The van der Waals surface area contributed by atoms with Crippen molar-refractivity contribution in [2.45, 2.75) is 13.8 Å². The van der Waals surface area contributed by atoms with Gasteiger partial charge in [-0.2, -0.15) is 0 Å². The van der Waals surface area contributed by atoms with Gasteiger partial charge in [-0.25, -0.2) is 0 Å². The maximum absolute atomic E-state index is 2.26. The highest BCUT2D eigenvalue weighted by Crippen LogP contribution is 1.96. The quantitative estimate of drug-likeness (QED) is 0.602. The van der Waals surface area contributed by atoms with E-state index in [1.54, 1.807) is 0 Å². The minimum atomic E-state index is 1.29. The summed E-state index contributed by atoms with van der Waals surface area (Å²) in [5, 5.41) is 0. The number of hydrogen-bond acceptors (Lipinski definition) is 0. The molecule has 1 rings (SSSR count). The van der Waals surface area contributed by atoms with E-state index in [0.717, 1.165) is 0 Å². The SMILES string of the molecule is Cc1cc[n+](I)c(C)c1. The largest absolute Gasteiger partial charge is 0.354 e. The molecule has 1 aromatic rings. The van der Waals surface area contributed by atoms with Crippen molar-refractivity contribution >= 4 is 22.9 Å². The molecule has 0 aliphatic carbocycles. The molecule has 2 heteroatoms. The van der Waals surface area contributed by atoms with Crippen molar-refractivity contribution < 1.29 is 2.78 Å². The third kappa shape index (κ3) is 1.64. The van der Waals surface area contributed by atoms with Crippen LogP contribution in [0, 0.1) is 13.8 Å². The highest BCUT2D eigenvalue weighted by atomic mass is 127. The van der Waals surface area contributed by atoms with E-state index in [9.17, 15) is 0 Å². The molecule has 0 atom stereocenters. The van der Waals surface area contributed by atoms with Crippen LogP contribution in [0.4, 0.5) is 0 Å². The zero-order valence-corrected chi connectivity index (χ0v) is 7.71. The molecule has 0 aliphatic rings. The molecule has 0 aromatic carbocycles. The van der Waals surface area contributed by atoms with Gasteiger partial charge in [0.2, 0.25) is 0 Å². The van der Waals surface area contributed by atoms with E-state index in [1.807, 2.05) is 0 Å². The van der Waals surface area contributed by atoms with E-state index in [0.29, 0.717) is 0 Å². The zero-order chi connectivity index (χ0) is 6.85. The zero-order valence-electron chi connectivity index (χ0n) is 5.56. The maximum Gasteiger partial charge on any atom is 0.354 e. The Morgan fingerprint density at radius 1 is 1.44 bits per heavy atom. The lowest BCUT2D eigenvalue weighted by Gasteiger charge is -1.89. The highest BCUT2D eigenvalue weighted by molar-refractivity contribution is 14.1. The van der Waals surface area contributed by atoms with E-state index >= 15 is 0 Å². The first-order valence-corrected chi connectivity index (χ1v) is 3.82. The molecular weight excluding hydrogens is 225 g/mol. The van der Waals surface area contributed by atoms with Crippen LogP contribution < -0.4 is 2.78 Å². The van der Waals surface area contributed by atoms with Crippen molar-refractivity contribution in [2.24, 2.45) is 0 Å². The molecular formula is C7H9IN+. The summed E-state index contributed by atoms with van der Waals surface area (Å²) in [4.78, 5) is 0. The molecule has 0 radical (unpaired) electrons. The monoisotopic (exact) mass is 234 g/mol. The minimum absolute atomic E-state index is 1.29. The van der Waals surface area contributed by atoms with Crippen molar-refractivity contribution in [2.75, 3.05) is 0 Å². The average Bonchev–Trinajstić information content (AvgIpc) is 1.80. The summed E-state index contributed by atoms with van der Waals surface area (Å²) in [5.74, 6) is 0. The van der Waals surface area contributed by atoms with E-state index < -0.39 is 0 Å². The Kier molecular flexibility index (Phi) is 2.05. The third-order valence-corrected chi connectivity index (χ3v) is 2.32. The molecule has 0 amide bonds. The van der Waals surface area contributed by atoms with Crippen LogP contribution in [-0.4, -0.2) is 0 Å². The summed E-state index contributed by atoms with van der Waals surface area (Å²) in [7, 11) is 0. The fraction of sp³-hybridized carbons (Fsp3) is 0.286. The van der Waals surface area contributed by atoms with Gasteiger partial charge in [0.05, 0.1) is 0 Å². The average molecular weight is 234 g/mol. The first-order valence-electron chi connectivity index (χ1n) is 2.85. The van der Waals surface area contributed by atoms with Crippen molar-refractivity contribution in [3.63, 3.8) is 0 Å². The smallest absolute Gasteiger partial charge is 0.141 e. The number of nitrogens with zero attached hydrogens (tertiary/aromatic N) is 1. The molecule has 9 heavy (non-hydrogen) atoms. The first-order chi connectivity index (χ1) is 4.20. The van der Waals surface area contributed by atoms with Crippen molar-refractivity contribution in [1.29, 1.82) is 0 Å². The van der Waals surface area contributed by atoms with Gasteiger partial charge >= 0.3 is 22.9 Å². The Balaban J connectivity index is 3.17. The minimum Gasteiger partial charge on any atom is -0.141 e. The molecule has 0 unspecified atom stereocenters. The van der Waals surface area contributed by atoms with Crippen LogP contribution in [0.25, 0.3) is 0 Å². The normalized spacial score (nSPS) is 9.67. The van der Waals surface area contributed by atoms with Crippen LogP contribution in [0.3, 0.4) is 0 Å². The third-order valence-electron chi connectivity index (χ3n) is 1.24. The number of pyridine rings is 1. The lowest BCUT2D eigenvalue weighted by atomic mass is 10.3. The number of aromatic nitrogens is 1. The van der Waals surface area contributed by atoms with Gasteiger partial charge in [-0.05, 0) is 12.5 Å². The second kappa shape index (κ2) is 2.64. The van der Waals surface area contributed by atoms with Gasteiger partial charge in [-0.3, -0.25) is 0 Å². The summed E-state index contributed by atoms with van der Waals surface area (Å²) in [6.07, 6.45) is 2.06. The summed E-state index contributed by atoms with van der Waals surface area (Å²) >= 11 is 2.26. The van der Waals surface area contributed by atoms with Crippen molar-refractivity contribution in [1.82, 2.24) is 0 Å². The Labute approximate surface area is 69.2 Å². The van der Waals surface area contributed by atoms with E-state index in [-0.39, 0.29) is 0 Å². The predicted octanol–water partition coefficient (Wildman–Crippen LogP) is 1.79. The second-order valence-corrected chi connectivity index (χ2v) is 3.20. The first kappa shape index (κ1) is 6.99. The Morgan fingerprint density at radius 3 is 2.56 bits per heavy atom. The van der Waals surface area contributed by atoms with Gasteiger partial charge in [0.1, 0.15) is 0 Å². The van der Waals surface area contributed by atoms with E-state index in [4.69, 9.17) is 0 Å². The van der Waals surface area contributed by atoms with Crippen LogP contribution in [0.5, 0.6) is 0 Å². The van der Waals surface area contributed by atoms with E-state index in [2.05, 4.69) is 57.8 Å². The highest BCUT2D eigenvalue weighted by Gasteiger charge is 1.99. The number of halogens is 1. The van der Waals surface area contributed by atoms with Gasteiger partial charge in [0.25, 0.3) is 0 Å². The standard InChI is InChI=1S/C7H9IN/c1-6-3-4-9(8)7(2)5-6/h3-5H,1-2H3/q+1. The molecule has 0 saturated carbocycles. The molecule has 0 aliphatic heterocycles. The molecule has 0 bridgehead atoms. The van der Waals surface area contributed by atoms with Crippen molar-refractivity contribution in [3.05, 3.63) is 29.6 Å². The fourth-order valence-corrected chi connectivity index (χ4v) is 1.04. The van der Waals surface area contributed by atoms with Gasteiger partial charge in [0, 0.05) is 19.1 Å².